The van der Waals surface area contributed by atoms with E-state index in [4.69, 9.17) is 4.74 Å². The lowest BCUT2D eigenvalue weighted by molar-refractivity contribution is 0.0509. The van der Waals surface area contributed by atoms with E-state index in [0.717, 1.165) is 34.8 Å². The number of halogens is 1. The fourth-order valence-electron chi connectivity index (χ4n) is 3.95. The molecule has 0 radical (unpaired) electrons. The number of aromatic amines is 1. The summed E-state index contributed by atoms with van der Waals surface area (Å²) >= 11 is 0. The minimum atomic E-state index is -0.553. The number of rotatable bonds is 5. The number of nitrogens with zero attached hydrogens (tertiary/aromatic N) is 3. The van der Waals surface area contributed by atoms with Crippen LogP contribution in [0.25, 0.3) is 23.4 Å². The molecule has 2 aromatic heterocycles. The number of ether oxygens (including phenoxy) is 1. The molecule has 0 saturated carbocycles. The fourth-order valence-corrected chi connectivity index (χ4v) is 3.95. The highest BCUT2D eigenvalue weighted by Gasteiger charge is 2.28. The Balaban J connectivity index is 1.48. The summed E-state index contributed by atoms with van der Waals surface area (Å²) in [5, 5.41) is 12.6. The van der Waals surface area contributed by atoms with Crippen molar-refractivity contribution in [1.82, 2.24) is 15.3 Å². The molecule has 0 aliphatic carbocycles. The second kappa shape index (κ2) is 10.0. The van der Waals surface area contributed by atoms with Gasteiger partial charge in [-0.15, -0.1) is 0 Å². The molecular weight excluding hydrogens is 445 g/mol. The van der Waals surface area contributed by atoms with E-state index in [0.29, 0.717) is 18.7 Å². The Kier molecular flexibility index (Phi) is 6.87. The van der Waals surface area contributed by atoms with Crippen molar-refractivity contribution >= 4 is 24.1 Å². The number of pyridine rings is 1. The van der Waals surface area contributed by atoms with Crippen LogP contribution in [0.15, 0.2) is 48.7 Å². The number of carbonyl (C=O) groups excluding carboxylic acids is 1. The zero-order valence-corrected chi connectivity index (χ0v) is 20.0. The van der Waals surface area contributed by atoms with Crippen molar-refractivity contribution in [2.24, 2.45) is 0 Å². The zero-order chi connectivity index (χ0) is 25.0. The Morgan fingerprint density at radius 2 is 2.03 bits per heavy atom. The van der Waals surface area contributed by atoms with Crippen molar-refractivity contribution in [2.75, 3.05) is 18.0 Å². The van der Waals surface area contributed by atoms with E-state index in [1.165, 1.54) is 12.1 Å². The van der Waals surface area contributed by atoms with Gasteiger partial charge in [0.25, 0.3) is 0 Å². The van der Waals surface area contributed by atoms with Crippen molar-refractivity contribution in [3.05, 3.63) is 71.3 Å². The summed E-state index contributed by atoms with van der Waals surface area (Å²) in [6.45, 7) is 6.77. The van der Waals surface area contributed by atoms with Crippen LogP contribution in [0, 0.1) is 17.1 Å². The number of H-pyrrole nitrogens is 1. The number of anilines is 1. The highest BCUT2D eigenvalue weighted by molar-refractivity contribution is 5.74. The molecule has 1 aliphatic rings. The van der Waals surface area contributed by atoms with Crippen LogP contribution in [-0.2, 0) is 4.74 Å². The van der Waals surface area contributed by atoms with Crippen molar-refractivity contribution in [3.8, 4) is 17.3 Å². The first kappa shape index (κ1) is 24.0. The van der Waals surface area contributed by atoms with Crippen molar-refractivity contribution in [1.29, 1.82) is 5.26 Å². The molecular formula is C27H28FN5O2. The standard InChI is InChI=1S/C27H28FN5O2/c1-27(2,3)35-26(34)31-23-11-13-33(17-23)25-20(16-29)15-24(32-25)19-10-12-30-22(14-19)9-6-18-4-7-21(28)8-5-18/h4-10,12,14-15,23,32H,11,13,17H2,1-3H3,(H,31,34)/b9-6+/t23-/m0/s1. The van der Waals surface area contributed by atoms with E-state index in [1.54, 1.807) is 18.3 Å². The van der Waals surface area contributed by atoms with Crippen molar-refractivity contribution < 1.29 is 13.9 Å². The first-order valence-corrected chi connectivity index (χ1v) is 11.5. The summed E-state index contributed by atoms with van der Waals surface area (Å²) < 4.78 is 18.5. The minimum Gasteiger partial charge on any atom is -0.444 e. The van der Waals surface area contributed by atoms with Gasteiger partial charge in [0.1, 0.15) is 23.3 Å². The number of amides is 1. The summed E-state index contributed by atoms with van der Waals surface area (Å²) in [4.78, 5) is 22.0. The van der Waals surface area contributed by atoms with Gasteiger partial charge >= 0.3 is 6.09 Å². The molecule has 1 saturated heterocycles. The quantitative estimate of drug-likeness (QED) is 0.520. The molecule has 1 amide bonds. The Morgan fingerprint density at radius 1 is 1.26 bits per heavy atom. The number of alkyl carbamates (subject to hydrolysis) is 1. The summed E-state index contributed by atoms with van der Waals surface area (Å²) in [5.41, 5.74) is 3.30. The molecule has 1 fully saturated rings. The average Bonchev–Trinajstić information content (AvgIpc) is 3.44. The highest BCUT2D eigenvalue weighted by atomic mass is 19.1. The molecule has 0 unspecified atom stereocenters. The fraction of sp³-hybridized carbons (Fsp3) is 0.296. The molecule has 3 heterocycles. The van der Waals surface area contributed by atoms with Gasteiger partial charge in [-0.05, 0) is 69.2 Å². The molecule has 180 valence electrons. The minimum absolute atomic E-state index is 0.0627. The number of aromatic nitrogens is 2. The zero-order valence-electron chi connectivity index (χ0n) is 20.0. The average molecular weight is 474 g/mol. The van der Waals surface area contributed by atoms with Gasteiger partial charge < -0.3 is 19.9 Å². The van der Waals surface area contributed by atoms with E-state index >= 15 is 0 Å². The van der Waals surface area contributed by atoms with E-state index in [1.807, 2.05) is 51.1 Å². The molecule has 3 aromatic rings. The van der Waals surface area contributed by atoms with Crippen LogP contribution < -0.4 is 10.2 Å². The van der Waals surface area contributed by atoms with Gasteiger partial charge in [0.15, 0.2) is 0 Å². The van der Waals surface area contributed by atoms with Crippen LogP contribution in [0.4, 0.5) is 15.0 Å². The van der Waals surface area contributed by atoms with Crippen LogP contribution in [0.1, 0.15) is 44.0 Å². The smallest absolute Gasteiger partial charge is 0.407 e. The molecule has 1 aliphatic heterocycles. The number of hydrogen-bond donors (Lipinski definition) is 2. The van der Waals surface area contributed by atoms with E-state index in [9.17, 15) is 14.4 Å². The molecule has 7 nitrogen and oxygen atoms in total. The monoisotopic (exact) mass is 473 g/mol. The number of benzene rings is 1. The molecule has 0 spiro atoms. The molecule has 35 heavy (non-hydrogen) atoms. The Morgan fingerprint density at radius 3 is 2.74 bits per heavy atom. The van der Waals surface area contributed by atoms with Gasteiger partial charge in [-0.3, -0.25) is 4.98 Å². The van der Waals surface area contributed by atoms with Crippen molar-refractivity contribution in [3.63, 3.8) is 0 Å². The van der Waals surface area contributed by atoms with Gasteiger partial charge in [0, 0.05) is 30.5 Å². The van der Waals surface area contributed by atoms with Crippen LogP contribution in [-0.4, -0.2) is 40.8 Å². The first-order valence-electron chi connectivity index (χ1n) is 11.5. The van der Waals surface area contributed by atoms with Crippen LogP contribution in [0.2, 0.25) is 0 Å². The third-order valence-corrected chi connectivity index (χ3v) is 5.55. The molecule has 4 rings (SSSR count). The molecule has 2 N–H and O–H groups in total. The number of nitrogens with one attached hydrogen (secondary N) is 2. The predicted octanol–water partition coefficient (Wildman–Crippen LogP) is 5.36. The van der Waals surface area contributed by atoms with E-state index in [-0.39, 0.29) is 11.9 Å². The van der Waals surface area contributed by atoms with E-state index < -0.39 is 11.7 Å². The van der Waals surface area contributed by atoms with E-state index in [2.05, 4.69) is 26.3 Å². The third kappa shape index (κ3) is 6.27. The van der Waals surface area contributed by atoms with Gasteiger partial charge in [0.05, 0.1) is 17.3 Å². The van der Waals surface area contributed by atoms with Crippen LogP contribution >= 0.6 is 0 Å². The lowest BCUT2D eigenvalue weighted by Crippen LogP contribution is -2.40. The number of hydrogen-bond acceptors (Lipinski definition) is 5. The maximum absolute atomic E-state index is 13.1. The van der Waals surface area contributed by atoms with Gasteiger partial charge in [-0.1, -0.05) is 18.2 Å². The van der Waals surface area contributed by atoms with Gasteiger partial charge in [-0.2, -0.15) is 5.26 Å². The maximum Gasteiger partial charge on any atom is 0.407 e. The highest BCUT2D eigenvalue weighted by Crippen LogP contribution is 2.30. The summed E-state index contributed by atoms with van der Waals surface area (Å²) in [5.74, 6) is 0.458. The number of nitriles is 1. The Hall–Kier alpha value is -4.12. The molecule has 1 atom stereocenters. The van der Waals surface area contributed by atoms with Crippen molar-refractivity contribution in [2.45, 2.75) is 38.8 Å². The summed E-state index contributed by atoms with van der Waals surface area (Å²) in [6.07, 6.45) is 5.76. The second-order valence-corrected chi connectivity index (χ2v) is 9.49. The first-order chi connectivity index (χ1) is 16.7. The Labute approximate surface area is 204 Å². The third-order valence-electron chi connectivity index (χ3n) is 5.55. The lowest BCUT2D eigenvalue weighted by atomic mass is 10.1. The van der Waals surface area contributed by atoms with Crippen LogP contribution in [0.3, 0.4) is 0 Å². The SMILES string of the molecule is CC(C)(C)OC(=O)N[C@H]1CCN(c2[nH]c(-c3ccnc(/C=C/c4ccc(F)cc4)c3)cc2C#N)C1. The molecule has 1 aromatic carbocycles. The largest absolute Gasteiger partial charge is 0.444 e. The second-order valence-electron chi connectivity index (χ2n) is 9.49. The summed E-state index contributed by atoms with van der Waals surface area (Å²) in [7, 11) is 0. The molecule has 0 bridgehead atoms. The Bertz CT molecular complexity index is 1270. The lowest BCUT2D eigenvalue weighted by Gasteiger charge is -2.22. The number of carbonyl (C=O) groups is 1. The topological polar surface area (TPSA) is 94.0 Å². The molecule has 8 heteroatoms. The summed E-state index contributed by atoms with van der Waals surface area (Å²) in [6, 6.07) is 14.1. The normalized spacial score (nSPS) is 15.9. The maximum atomic E-state index is 13.1. The predicted molar refractivity (Wildman–Crippen MR) is 134 cm³/mol. The van der Waals surface area contributed by atoms with Gasteiger partial charge in [0.2, 0.25) is 0 Å². The van der Waals surface area contributed by atoms with Gasteiger partial charge in [-0.25, -0.2) is 9.18 Å². The van der Waals surface area contributed by atoms with Crippen LogP contribution in [0.5, 0.6) is 0 Å².